The highest BCUT2D eigenvalue weighted by Crippen LogP contribution is 2.17. The van der Waals surface area contributed by atoms with Gasteiger partial charge in [0.05, 0.1) is 0 Å². The van der Waals surface area contributed by atoms with Crippen molar-refractivity contribution in [2.75, 3.05) is 6.54 Å². The van der Waals surface area contributed by atoms with Gasteiger partial charge in [-0.1, -0.05) is 25.7 Å². The number of carboxylic acids is 1. The third-order valence-electron chi connectivity index (χ3n) is 3.11. The van der Waals surface area contributed by atoms with Crippen molar-refractivity contribution in [2.24, 2.45) is 0 Å². The molecule has 1 fully saturated rings. The van der Waals surface area contributed by atoms with Gasteiger partial charge in [0, 0.05) is 12.5 Å². The van der Waals surface area contributed by atoms with Crippen LogP contribution in [0, 0.1) is 0 Å². The molecule has 3 heteroatoms. The van der Waals surface area contributed by atoms with Gasteiger partial charge >= 0.3 is 5.97 Å². The predicted octanol–water partition coefficient (Wildman–Crippen LogP) is 2.55. The molecule has 0 radical (unpaired) electrons. The normalized spacial score (nSPS) is 17.9. The van der Waals surface area contributed by atoms with Crippen LogP contribution in [0.3, 0.4) is 0 Å². The quantitative estimate of drug-likeness (QED) is 0.639. The molecule has 1 rings (SSSR count). The van der Waals surface area contributed by atoms with Crippen LogP contribution >= 0.6 is 0 Å². The molecule has 3 nitrogen and oxygen atoms in total. The Morgan fingerprint density at radius 3 is 2.53 bits per heavy atom. The molecule has 0 heterocycles. The zero-order valence-electron chi connectivity index (χ0n) is 9.50. The van der Waals surface area contributed by atoms with Crippen LogP contribution in [0.15, 0.2) is 0 Å². The van der Waals surface area contributed by atoms with Crippen LogP contribution in [0.2, 0.25) is 0 Å². The first-order chi connectivity index (χ1) is 7.29. The number of rotatable bonds is 7. The summed E-state index contributed by atoms with van der Waals surface area (Å²) in [7, 11) is 0. The summed E-state index contributed by atoms with van der Waals surface area (Å²) in [6.07, 6.45) is 10.1. The molecule has 0 spiro atoms. The summed E-state index contributed by atoms with van der Waals surface area (Å²) in [4.78, 5) is 10.3. The van der Waals surface area contributed by atoms with Gasteiger partial charge in [0.2, 0.25) is 0 Å². The number of unbranched alkanes of at least 4 members (excludes halogenated alkanes) is 2. The Labute approximate surface area is 92.3 Å². The van der Waals surface area contributed by atoms with Crippen molar-refractivity contribution in [2.45, 2.75) is 63.8 Å². The maximum absolute atomic E-state index is 10.3. The second kappa shape index (κ2) is 7.69. The fourth-order valence-corrected chi connectivity index (χ4v) is 2.19. The van der Waals surface area contributed by atoms with Crippen LogP contribution in [-0.4, -0.2) is 23.7 Å². The van der Waals surface area contributed by atoms with Gasteiger partial charge in [-0.05, 0) is 32.2 Å². The van der Waals surface area contributed by atoms with E-state index in [1.165, 1.54) is 32.1 Å². The molecule has 0 aromatic rings. The molecular formula is C12H23NO2. The lowest BCUT2D eigenvalue weighted by Gasteiger charge is -2.22. The van der Waals surface area contributed by atoms with Crippen molar-refractivity contribution >= 4 is 5.97 Å². The smallest absolute Gasteiger partial charge is 0.303 e. The molecule has 1 aliphatic carbocycles. The molecule has 0 amide bonds. The van der Waals surface area contributed by atoms with Gasteiger partial charge in [0.15, 0.2) is 0 Å². The SMILES string of the molecule is O=C(O)CCCCCNC1CCCCC1. The summed E-state index contributed by atoms with van der Waals surface area (Å²) in [6.45, 7) is 1.06. The summed E-state index contributed by atoms with van der Waals surface area (Å²) >= 11 is 0. The highest BCUT2D eigenvalue weighted by Gasteiger charge is 2.11. The van der Waals surface area contributed by atoms with Crippen LogP contribution in [0.4, 0.5) is 0 Å². The first-order valence-electron chi connectivity index (χ1n) is 6.24. The first-order valence-corrected chi connectivity index (χ1v) is 6.24. The van der Waals surface area contributed by atoms with Crippen LogP contribution in [0.25, 0.3) is 0 Å². The molecule has 1 aliphatic rings. The van der Waals surface area contributed by atoms with Crippen LogP contribution < -0.4 is 5.32 Å². The third kappa shape index (κ3) is 6.50. The minimum absolute atomic E-state index is 0.323. The van der Waals surface area contributed by atoms with Crippen molar-refractivity contribution in [1.29, 1.82) is 0 Å². The van der Waals surface area contributed by atoms with E-state index in [4.69, 9.17) is 5.11 Å². The number of nitrogens with one attached hydrogen (secondary N) is 1. The topological polar surface area (TPSA) is 49.3 Å². The van der Waals surface area contributed by atoms with Crippen molar-refractivity contribution in [3.05, 3.63) is 0 Å². The van der Waals surface area contributed by atoms with Crippen LogP contribution in [-0.2, 0) is 4.79 Å². The molecule has 0 aromatic heterocycles. The summed E-state index contributed by atoms with van der Waals surface area (Å²) in [5.74, 6) is -0.671. The summed E-state index contributed by atoms with van der Waals surface area (Å²) in [5.41, 5.74) is 0. The molecule has 0 unspecified atom stereocenters. The van der Waals surface area contributed by atoms with Crippen molar-refractivity contribution < 1.29 is 9.90 Å². The average Bonchev–Trinajstić information content (AvgIpc) is 2.24. The molecular weight excluding hydrogens is 190 g/mol. The third-order valence-corrected chi connectivity index (χ3v) is 3.11. The highest BCUT2D eigenvalue weighted by molar-refractivity contribution is 5.66. The van der Waals surface area contributed by atoms with Crippen LogP contribution in [0.1, 0.15) is 57.8 Å². The lowest BCUT2D eigenvalue weighted by Crippen LogP contribution is -2.31. The van der Waals surface area contributed by atoms with Gasteiger partial charge in [0.1, 0.15) is 0 Å². The van der Waals surface area contributed by atoms with Gasteiger partial charge in [-0.3, -0.25) is 4.79 Å². The standard InChI is InChI=1S/C12H23NO2/c14-12(15)9-5-2-6-10-13-11-7-3-1-4-8-11/h11,13H,1-10H2,(H,14,15). The van der Waals surface area contributed by atoms with E-state index in [1.54, 1.807) is 0 Å². The van der Waals surface area contributed by atoms with E-state index >= 15 is 0 Å². The number of hydrogen-bond acceptors (Lipinski definition) is 2. The van der Waals surface area contributed by atoms with E-state index in [9.17, 15) is 4.79 Å². The minimum Gasteiger partial charge on any atom is -0.481 e. The van der Waals surface area contributed by atoms with Gasteiger partial charge in [-0.2, -0.15) is 0 Å². The molecule has 0 aliphatic heterocycles. The Morgan fingerprint density at radius 1 is 1.13 bits per heavy atom. The molecule has 15 heavy (non-hydrogen) atoms. The second-order valence-corrected chi connectivity index (χ2v) is 4.49. The summed E-state index contributed by atoms with van der Waals surface area (Å²) in [5, 5.41) is 12.0. The van der Waals surface area contributed by atoms with E-state index in [0.29, 0.717) is 6.42 Å². The molecule has 0 atom stereocenters. The Hall–Kier alpha value is -0.570. The molecule has 88 valence electrons. The zero-order chi connectivity index (χ0) is 10.9. The fourth-order valence-electron chi connectivity index (χ4n) is 2.19. The van der Waals surface area contributed by atoms with E-state index < -0.39 is 5.97 Å². The van der Waals surface area contributed by atoms with E-state index in [2.05, 4.69) is 5.32 Å². The Bertz CT molecular complexity index is 176. The fraction of sp³-hybridized carbons (Fsp3) is 0.917. The first kappa shape index (κ1) is 12.5. The van der Waals surface area contributed by atoms with Crippen molar-refractivity contribution in [3.8, 4) is 0 Å². The Morgan fingerprint density at radius 2 is 1.87 bits per heavy atom. The number of carbonyl (C=O) groups is 1. The van der Waals surface area contributed by atoms with Gasteiger partial charge in [-0.15, -0.1) is 0 Å². The maximum Gasteiger partial charge on any atom is 0.303 e. The van der Waals surface area contributed by atoms with Crippen molar-refractivity contribution in [3.63, 3.8) is 0 Å². The lowest BCUT2D eigenvalue weighted by molar-refractivity contribution is -0.137. The van der Waals surface area contributed by atoms with Gasteiger partial charge < -0.3 is 10.4 Å². The molecule has 0 bridgehead atoms. The van der Waals surface area contributed by atoms with Crippen LogP contribution in [0.5, 0.6) is 0 Å². The Balaban J connectivity index is 1.85. The lowest BCUT2D eigenvalue weighted by atomic mass is 9.95. The maximum atomic E-state index is 10.3. The van der Waals surface area contributed by atoms with E-state index in [0.717, 1.165) is 31.8 Å². The predicted molar refractivity (Wildman–Crippen MR) is 61.0 cm³/mol. The monoisotopic (exact) mass is 213 g/mol. The Kier molecular flexibility index (Phi) is 6.41. The molecule has 0 aromatic carbocycles. The highest BCUT2D eigenvalue weighted by atomic mass is 16.4. The summed E-state index contributed by atoms with van der Waals surface area (Å²) < 4.78 is 0. The number of hydrogen-bond donors (Lipinski definition) is 2. The summed E-state index contributed by atoms with van der Waals surface area (Å²) in [6, 6.07) is 0.734. The van der Waals surface area contributed by atoms with Crippen molar-refractivity contribution in [1.82, 2.24) is 5.32 Å². The van der Waals surface area contributed by atoms with E-state index in [1.807, 2.05) is 0 Å². The van der Waals surface area contributed by atoms with E-state index in [-0.39, 0.29) is 0 Å². The number of carboxylic acid groups (broad SMARTS) is 1. The number of aliphatic carboxylic acids is 1. The van der Waals surface area contributed by atoms with Gasteiger partial charge in [-0.25, -0.2) is 0 Å². The minimum atomic E-state index is -0.671. The molecule has 2 N–H and O–H groups in total. The average molecular weight is 213 g/mol. The second-order valence-electron chi connectivity index (χ2n) is 4.49. The van der Waals surface area contributed by atoms with Gasteiger partial charge in [0.25, 0.3) is 0 Å². The molecule has 1 saturated carbocycles. The molecule has 0 saturated heterocycles. The largest absolute Gasteiger partial charge is 0.481 e. The zero-order valence-corrected chi connectivity index (χ0v) is 9.50.